The van der Waals surface area contributed by atoms with Crippen LogP contribution in [-0.2, 0) is 19.1 Å². The average molecular weight is 425 g/mol. The summed E-state index contributed by atoms with van der Waals surface area (Å²) in [7, 11) is 0. The monoisotopic (exact) mass is 424 g/mol. The lowest BCUT2D eigenvalue weighted by Gasteiger charge is -2.30. The predicted octanol–water partition coefficient (Wildman–Crippen LogP) is 7.38. The van der Waals surface area contributed by atoms with Gasteiger partial charge in [-0.1, -0.05) is 97.8 Å². The third-order valence-corrected chi connectivity index (χ3v) is 6.39. The van der Waals surface area contributed by atoms with Gasteiger partial charge in [-0.05, 0) is 32.1 Å². The first-order valence-electron chi connectivity index (χ1n) is 13.0. The molecule has 1 aliphatic rings. The molecule has 176 valence electrons. The highest BCUT2D eigenvalue weighted by Gasteiger charge is 2.38. The van der Waals surface area contributed by atoms with Gasteiger partial charge in [-0.3, -0.25) is 9.59 Å². The molecule has 30 heavy (non-hydrogen) atoms. The summed E-state index contributed by atoms with van der Waals surface area (Å²) in [6, 6.07) is 0. The Labute approximate surface area is 185 Å². The van der Waals surface area contributed by atoms with E-state index in [4.69, 9.17) is 9.47 Å². The van der Waals surface area contributed by atoms with Crippen LogP contribution in [0, 0.1) is 11.8 Å². The van der Waals surface area contributed by atoms with Crippen LogP contribution in [0.25, 0.3) is 0 Å². The first-order chi connectivity index (χ1) is 14.6. The molecule has 1 rings (SSSR count). The number of hydrogen-bond acceptors (Lipinski definition) is 4. The Morgan fingerprint density at radius 3 is 1.87 bits per heavy atom. The minimum absolute atomic E-state index is 0.00151. The maximum atomic E-state index is 12.9. The molecule has 0 saturated heterocycles. The minimum atomic E-state index is -0.314. The standard InChI is InChI=1S/C26H48O4/c1-4-7-9-10-11-12-13-16-21-29-25(27)23-19-14-15-20-24(23)26(28)30-22(17-6-3)18-8-5-2/h22-24H,4-21H2,1-3H3. The average Bonchev–Trinajstić information content (AvgIpc) is 2.76. The van der Waals surface area contributed by atoms with E-state index in [2.05, 4.69) is 20.8 Å². The molecule has 0 aromatic carbocycles. The van der Waals surface area contributed by atoms with Crippen molar-refractivity contribution >= 4 is 11.9 Å². The van der Waals surface area contributed by atoms with Gasteiger partial charge in [-0.2, -0.15) is 0 Å². The summed E-state index contributed by atoms with van der Waals surface area (Å²) in [5, 5.41) is 0. The van der Waals surface area contributed by atoms with Gasteiger partial charge < -0.3 is 9.47 Å². The molecule has 0 aromatic heterocycles. The molecule has 0 amide bonds. The molecule has 4 heteroatoms. The molecule has 3 unspecified atom stereocenters. The van der Waals surface area contributed by atoms with E-state index in [1.165, 1.54) is 38.5 Å². The second kappa shape index (κ2) is 17.6. The minimum Gasteiger partial charge on any atom is -0.465 e. The third-order valence-electron chi connectivity index (χ3n) is 6.39. The van der Waals surface area contributed by atoms with Gasteiger partial charge in [-0.15, -0.1) is 0 Å². The van der Waals surface area contributed by atoms with E-state index in [0.717, 1.165) is 70.6 Å². The van der Waals surface area contributed by atoms with Crippen LogP contribution in [0.3, 0.4) is 0 Å². The smallest absolute Gasteiger partial charge is 0.310 e. The van der Waals surface area contributed by atoms with Crippen molar-refractivity contribution < 1.29 is 19.1 Å². The molecule has 1 fully saturated rings. The molecule has 0 heterocycles. The number of unbranched alkanes of at least 4 members (excludes halogenated alkanes) is 8. The van der Waals surface area contributed by atoms with Gasteiger partial charge in [0.25, 0.3) is 0 Å². The Morgan fingerprint density at radius 1 is 0.700 bits per heavy atom. The van der Waals surface area contributed by atoms with Gasteiger partial charge in [0.1, 0.15) is 6.10 Å². The largest absolute Gasteiger partial charge is 0.465 e. The highest BCUT2D eigenvalue weighted by Crippen LogP contribution is 2.33. The fourth-order valence-electron chi connectivity index (χ4n) is 4.48. The van der Waals surface area contributed by atoms with E-state index >= 15 is 0 Å². The quantitative estimate of drug-likeness (QED) is 0.180. The fraction of sp³-hybridized carbons (Fsp3) is 0.923. The van der Waals surface area contributed by atoms with Gasteiger partial charge in [0.05, 0.1) is 18.4 Å². The highest BCUT2D eigenvalue weighted by molar-refractivity contribution is 5.82. The Balaban J connectivity index is 2.36. The molecule has 4 nitrogen and oxygen atoms in total. The van der Waals surface area contributed by atoms with Crippen molar-refractivity contribution in [2.75, 3.05) is 6.61 Å². The third kappa shape index (κ3) is 11.4. The normalized spacial score (nSPS) is 20.0. The number of carbonyl (C=O) groups excluding carboxylic acids is 2. The number of carbonyl (C=O) groups is 2. The highest BCUT2D eigenvalue weighted by atomic mass is 16.5. The van der Waals surface area contributed by atoms with Gasteiger partial charge in [0.2, 0.25) is 0 Å². The van der Waals surface area contributed by atoms with E-state index < -0.39 is 0 Å². The first-order valence-corrected chi connectivity index (χ1v) is 13.0. The van der Waals surface area contributed by atoms with Crippen LogP contribution >= 0.6 is 0 Å². The molecular weight excluding hydrogens is 376 g/mol. The maximum absolute atomic E-state index is 12.9. The summed E-state index contributed by atoms with van der Waals surface area (Å²) < 4.78 is 11.4. The summed E-state index contributed by atoms with van der Waals surface area (Å²) in [5.74, 6) is -0.974. The van der Waals surface area contributed by atoms with Crippen molar-refractivity contribution in [3.05, 3.63) is 0 Å². The number of hydrogen-bond donors (Lipinski definition) is 0. The van der Waals surface area contributed by atoms with Crippen LogP contribution < -0.4 is 0 Å². The second-order valence-corrected chi connectivity index (χ2v) is 9.13. The summed E-state index contributed by atoms with van der Waals surface area (Å²) in [6.45, 7) is 7.01. The molecule has 0 N–H and O–H groups in total. The van der Waals surface area contributed by atoms with Gasteiger partial charge in [0, 0.05) is 0 Å². The van der Waals surface area contributed by atoms with Gasteiger partial charge in [0.15, 0.2) is 0 Å². The lowest BCUT2D eigenvalue weighted by molar-refractivity contribution is -0.166. The van der Waals surface area contributed by atoms with E-state index in [0.29, 0.717) is 6.61 Å². The van der Waals surface area contributed by atoms with Crippen molar-refractivity contribution in [1.82, 2.24) is 0 Å². The predicted molar refractivity (Wildman–Crippen MR) is 123 cm³/mol. The lowest BCUT2D eigenvalue weighted by Crippen LogP contribution is -2.36. The van der Waals surface area contributed by atoms with E-state index in [9.17, 15) is 9.59 Å². The number of rotatable bonds is 17. The SMILES string of the molecule is CCCCCCCCCCOC(=O)C1CCCCC1C(=O)OC(CCC)CCCC. The van der Waals surface area contributed by atoms with Gasteiger partial charge >= 0.3 is 11.9 Å². The number of ether oxygens (including phenoxy) is 2. The van der Waals surface area contributed by atoms with Crippen LogP contribution in [-0.4, -0.2) is 24.6 Å². The summed E-state index contributed by atoms with van der Waals surface area (Å²) in [4.78, 5) is 25.5. The molecular formula is C26H48O4. The molecule has 1 aliphatic carbocycles. The lowest BCUT2D eigenvalue weighted by atomic mass is 9.79. The molecule has 0 aromatic rings. The maximum Gasteiger partial charge on any atom is 0.310 e. The van der Waals surface area contributed by atoms with Crippen molar-refractivity contribution in [3.8, 4) is 0 Å². The van der Waals surface area contributed by atoms with Crippen LogP contribution in [0.5, 0.6) is 0 Å². The van der Waals surface area contributed by atoms with E-state index in [1.807, 2.05) is 0 Å². The van der Waals surface area contributed by atoms with Crippen molar-refractivity contribution in [2.45, 2.75) is 136 Å². The summed E-state index contributed by atoms with van der Waals surface area (Å²) in [5.41, 5.74) is 0. The topological polar surface area (TPSA) is 52.6 Å². The second-order valence-electron chi connectivity index (χ2n) is 9.13. The zero-order valence-electron chi connectivity index (χ0n) is 20.1. The summed E-state index contributed by atoms with van der Waals surface area (Å²) >= 11 is 0. The van der Waals surface area contributed by atoms with Crippen LogP contribution in [0.4, 0.5) is 0 Å². The zero-order chi connectivity index (χ0) is 22.0. The zero-order valence-corrected chi connectivity index (χ0v) is 20.1. The van der Waals surface area contributed by atoms with Crippen molar-refractivity contribution in [1.29, 1.82) is 0 Å². The molecule has 1 saturated carbocycles. The molecule has 0 bridgehead atoms. The van der Waals surface area contributed by atoms with Crippen molar-refractivity contribution in [3.63, 3.8) is 0 Å². The van der Waals surface area contributed by atoms with Crippen molar-refractivity contribution in [2.24, 2.45) is 11.8 Å². The number of esters is 2. The molecule has 3 atom stereocenters. The molecule has 0 spiro atoms. The fourth-order valence-corrected chi connectivity index (χ4v) is 4.48. The Morgan fingerprint density at radius 2 is 1.27 bits per heavy atom. The van der Waals surface area contributed by atoms with Crippen LogP contribution in [0.15, 0.2) is 0 Å². The Bertz CT molecular complexity index is 448. The molecule has 0 aliphatic heterocycles. The van der Waals surface area contributed by atoms with Gasteiger partial charge in [-0.25, -0.2) is 0 Å². The van der Waals surface area contributed by atoms with Crippen LogP contribution in [0.2, 0.25) is 0 Å². The Hall–Kier alpha value is -1.06. The summed E-state index contributed by atoms with van der Waals surface area (Å²) in [6.07, 6.45) is 18.3. The first kappa shape index (κ1) is 27.0. The molecule has 0 radical (unpaired) electrons. The Kier molecular flexibility index (Phi) is 15.8. The van der Waals surface area contributed by atoms with E-state index in [1.54, 1.807) is 0 Å². The van der Waals surface area contributed by atoms with Crippen LogP contribution in [0.1, 0.15) is 130 Å². The van der Waals surface area contributed by atoms with E-state index in [-0.39, 0.29) is 29.9 Å².